The maximum absolute atomic E-state index is 11.2. The summed E-state index contributed by atoms with van der Waals surface area (Å²) in [5.74, 6) is 0.735. The van der Waals surface area contributed by atoms with Crippen LogP contribution in [0.5, 0.6) is 17.2 Å². The second-order valence-corrected chi connectivity index (χ2v) is 6.23. The molecule has 2 aromatic carbocycles. The van der Waals surface area contributed by atoms with E-state index < -0.39 is 10.1 Å². The third-order valence-corrected chi connectivity index (χ3v) is 4.18. The maximum atomic E-state index is 11.2. The van der Waals surface area contributed by atoms with E-state index in [1.165, 1.54) is 30.3 Å². The SMILES string of the molecule is O=S(=O)(O)c1ccc2nn(-c3cc4c(cc3O)OCO4)nc2c1. The van der Waals surface area contributed by atoms with E-state index in [0.717, 1.165) is 4.80 Å². The van der Waals surface area contributed by atoms with Crippen molar-refractivity contribution in [2.24, 2.45) is 0 Å². The Labute approximate surface area is 129 Å². The Morgan fingerprint density at radius 3 is 2.48 bits per heavy atom. The van der Waals surface area contributed by atoms with E-state index in [0.29, 0.717) is 17.0 Å². The first-order valence-electron chi connectivity index (χ1n) is 6.39. The van der Waals surface area contributed by atoms with Crippen LogP contribution >= 0.6 is 0 Å². The number of aromatic nitrogens is 3. The van der Waals surface area contributed by atoms with E-state index in [2.05, 4.69) is 10.2 Å². The molecule has 0 fully saturated rings. The van der Waals surface area contributed by atoms with Crippen LogP contribution in [0, 0.1) is 0 Å². The Bertz CT molecular complexity index is 1040. The molecule has 0 saturated carbocycles. The smallest absolute Gasteiger partial charge is 0.294 e. The molecule has 0 unspecified atom stereocenters. The average molecular weight is 335 g/mol. The summed E-state index contributed by atoms with van der Waals surface area (Å²) in [6.07, 6.45) is 0. The van der Waals surface area contributed by atoms with Gasteiger partial charge in [0.25, 0.3) is 10.1 Å². The highest BCUT2D eigenvalue weighted by molar-refractivity contribution is 7.85. The van der Waals surface area contributed by atoms with Gasteiger partial charge in [-0.25, -0.2) is 0 Å². The topological polar surface area (TPSA) is 124 Å². The van der Waals surface area contributed by atoms with Crippen LogP contribution in [-0.4, -0.2) is 39.9 Å². The lowest BCUT2D eigenvalue weighted by Gasteiger charge is -2.04. The van der Waals surface area contributed by atoms with Crippen LogP contribution in [0.4, 0.5) is 0 Å². The molecule has 118 valence electrons. The summed E-state index contributed by atoms with van der Waals surface area (Å²) >= 11 is 0. The van der Waals surface area contributed by atoms with E-state index in [-0.39, 0.29) is 28.6 Å². The number of hydrogen-bond donors (Lipinski definition) is 2. The number of hydrogen-bond acceptors (Lipinski definition) is 7. The van der Waals surface area contributed by atoms with Gasteiger partial charge in [-0.3, -0.25) is 4.55 Å². The second kappa shape index (κ2) is 4.57. The summed E-state index contributed by atoms with van der Waals surface area (Å²) in [4.78, 5) is 0.863. The molecule has 2 heterocycles. The number of phenolic OH excluding ortho intramolecular Hbond substituents is 1. The fraction of sp³-hybridized carbons (Fsp3) is 0.0769. The molecule has 1 aliphatic heterocycles. The zero-order valence-electron chi connectivity index (χ0n) is 11.4. The molecule has 9 nitrogen and oxygen atoms in total. The first-order chi connectivity index (χ1) is 10.9. The molecule has 0 bridgehead atoms. The van der Waals surface area contributed by atoms with Gasteiger partial charge in [0.2, 0.25) is 6.79 Å². The number of fused-ring (bicyclic) bond motifs is 2. The molecule has 0 amide bonds. The van der Waals surface area contributed by atoms with E-state index >= 15 is 0 Å². The summed E-state index contributed by atoms with van der Waals surface area (Å²) in [6.45, 7) is 0.0600. The van der Waals surface area contributed by atoms with Crippen molar-refractivity contribution in [2.75, 3.05) is 6.79 Å². The van der Waals surface area contributed by atoms with Crippen molar-refractivity contribution < 1.29 is 27.6 Å². The fourth-order valence-corrected chi connectivity index (χ4v) is 2.74. The molecule has 0 atom stereocenters. The number of nitrogens with zero attached hydrogens (tertiary/aromatic N) is 3. The van der Waals surface area contributed by atoms with Gasteiger partial charge in [0, 0.05) is 12.1 Å². The maximum Gasteiger partial charge on any atom is 0.294 e. The van der Waals surface area contributed by atoms with Crippen molar-refractivity contribution in [2.45, 2.75) is 4.90 Å². The van der Waals surface area contributed by atoms with Crippen molar-refractivity contribution >= 4 is 21.2 Å². The molecule has 0 radical (unpaired) electrons. The van der Waals surface area contributed by atoms with E-state index in [4.69, 9.17) is 14.0 Å². The predicted molar refractivity (Wildman–Crippen MR) is 76.5 cm³/mol. The zero-order valence-corrected chi connectivity index (χ0v) is 12.2. The zero-order chi connectivity index (χ0) is 16.2. The molecular formula is C13H9N3O6S. The van der Waals surface area contributed by atoms with Crippen LogP contribution in [0.3, 0.4) is 0 Å². The lowest BCUT2D eigenvalue weighted by atomic mass is 10.2. The van der Waals surface area contributed by atoms with Crippen LogP contribution in [0.15, 0.2) is 35.2 Å². The van der Waals surface area contributed by atoms with E-state index in [1.54, 1.807) is 0 Å². The highest BCUT2D eigenvalue weighted by Gasteiger charge is 2.20. The molecule has 0 spiro atoms. The highest BCUT2D eigenvalue weighted by Crippen LogP contribution is 2.39. The largest absolute Gasteiger partial charge is 0.505 e. The van der Waals surface area contributed by atoms with Gasteiger partial charge in [0.15, 0.2) is 11.5 Å². The van der Waals surface area contributed by atoms with Crippen molar-refractivity contribution in [1.82, 2.24) is 15.0 Å². The normalized spacial score (nSPS) is 13.6. The third kappa shape index (κ3) is 2.24. The molecule has 23 heavy (non-hydrogen) atoms. The van der Waals surface area contributed by atoms with Gasteiger partial charge in [-0.15, -0.1) is 15.0 Å². The number of aromatic hydroxyl groups is 1. The van der Waals surface area contributed by atoms with E-state index in [9.17, 15) is 13.5 Å². The van der Waals surface area contributed by atoms with Crippen LogP contribution in [0.2, 0.25) is 0 Å². The second-order valence-electron chi connectivity index (χ2n) is 4.81. The number of benzene rings is 2. The molecule has 1 aliphatic rings. The molecule has 10 heteroatoms. The Morgan fingerprint density at radius 1 is 1.04 bits per heavy atom. The molecule has 1 aromatic heterocycles. The Kier molecular flexibility index (Phi) is 2.74. The van der Waals surface area contributed by atoms with Gasteiger partial charge in [-0.05, 0) is 18.2 Å². The molecular weight excluding hydrogens is 326 g/mol. The van der Waals surface area contributed by atoms with Crippen LogP contribution < -0.4 is 9.47 Å². The standard InChI is InChI=1S/C13H9N3O6S/c17-11-5-13-12(21-6-22-13)4-10(11)16-14-8-2-1-7(23(18,19)20)3-9(8)15-16/h1-5,17H,6H2,(H,18,19,20). The molecule has 0 aliphatic carbocycles. The Balaban J connectivity index is 1.87. The summed E-state index contributed by atoms with van der Waals surface area (Å²) in [7, 11) is -4.33. The minimum Gasteiger partial charge on any atom is -0.505 e. The first-order valence-corrected chi connectivity index (χ1v) is 7.83. The van der Waals surface area contributed by atoms with Gasteiger partial charge in [-0.1, -0.05) is 0 Å². The number of ether oxygens (including phenoxy) is 2. The first kappa shape index (κ1) is 13.8. The summed E-state index contributed by atoms with van der Waals surface area (Å²) in [5, 5.41) is 18.3. The van der Waals surface area contributed by atoms with Gasteiger partial charge in [-0.2, -0.15) is 8.42 Å². The lowest BCUT2D eigenvalue weighted by Crippen LogP contribution is -1.99. The van der Waals surface area contributed by atoms with Gasteiger partial charge in [0.1, 0.15) is 22.5 Å². The van der Waals surface area contributed by atoms with Crippen molar-refractivity contribution in [1.29, 1.82) is 0 Å². The summed E-state index contributed by atoms with van der Waals surface area (Å²) in [5.41, 5.74) is 0.894. The van der Waals surface area contributed by atoms with Crippen molar-refractivity contribution in [3.63, 3.8) is 0 Å². The minimum absolute atomic E-state index is 0.0600. The van der Waals surface area contributed by atoms with Crippen molar-refractivity contribution in [3.8, 4) is 22.9 Å². The molecule has 2 N–H and O–H groups in total. The average Bonchev–Trinajstić information content (AvgIpc) is 3.09. The van der Waals surface area contributed by atoms with E-state index in [1.807, 2.05) is 0 Å². The van der Waals surface area contributed by atoms with Gasteiger partial charge in [0.05, 0.1) is 4.90 Å². The predicted octanol–water partition coefficient (Wildman–Crippen LogP) is 1.10. The molecule has 3 aromatic rings. The van der Waals surface area contributed by atoms with Crippen LogP contribution in [0.1, 0.15) is 0 Å². The quantitative estimate of drug-likeness (QED) is 0.667. The van der Waals surface area contributed by atoms with Crippen LogP contribution in [0.25, 0.3) is 16.7 Å². The van der Waals surface area contributed by atoms with Crippen LogP contribution in [-0.2, 0) is 10.1 Å². The fourth-order valence-electron chi connectivity index (χ4n) is 2.24. The van der Waals surface area contributed by atoms with Crippen molar-refractivity contribution in [3.05, 3.63) is 30.3 Å². The third-order valence-electron chi connectivity index (χ3n) is 3.33. The highest BCUT2D eigenvalue weighted by atomic mass is 32.2. The molecule has 4 rings (SSSR count). The monoisotopic (exact) mass is 335 g/mol. The summed E-state index contributed by atoms with van der Waals surface area (Å²) < 4.78 is 41.8. The van der Waals surface area contributed by atoms with Gasteiger partial charge >= 0.3 is 0 Å². The number of phenols is 1. The van der Waals surface area contributed by atoms with Gasteiger partial charge < -0.3 is 14.6 Å². The Hall–Kier alpha value is -2.85. The summed E-state index contributed by atoms with van der Waals surface area (Å²) in [6, 6.07) is 6.72. The lowest BCUT2D eigenvalue weighted by molar-refractivity contribution is 0.174. The molecule has 0 saturated heterocycles. The number of rotatable bonds is 2. The Morgan fingerprint density at radius 2 is 1.74 bits per heavy atom. The minimum atomic E-state index is -4.33.